The molecule has 0 N–H and O–H groups in total. The van der Waals surface area contributed by atoms with Crippen molar-refractivity contribution in [2.75, 3.05) is 0 Å². The molecule has 0 aliphatic carbocycles. The molecule has 0 aliphatic rings. The van der Waals surface area contributed by atoms with Gasteiger partial charge in [-0.15, -0.1) is 0 Å². The third kappa shape index (κ3) is 2.79. The van der Waals surface area contributed by atoms with Crippen molar-refractivity contribution >= 4 is 33.3 Å². The lowest BCUT2D eigenvalue weighted by molar-refractivity contribution is 0.0992. The zero-order valence-electron chi connectivity index (χ0n) is 9.29. The van der Waals surface area contributed by atoms with E-state index in [0.29, 0.717) is 20.6 Å². The molecular weight excluding hydrogens is 319 g/mol. The Labute approximate surface area is 118 Å². The summed E-state index contributed by atoms with van der Waals surface area (Å²) in [6.07, 6.45) is 0.00282. The largest absolute Gasteiger partial charge is 0.294 e. The Morgan fingerprint density at radius 2 is 1.89 bits per heavy atom. The molecule has 0 atom stereocenters. The van der Waals surface area contributed by atoms with Crippen LogP contribution in [0.1, 0.15) is 15.9 Å². The summed E-state index contributed by atoms with van der Waals surface area (Å²) in [5, 5.41) is 0.360. The molecule has 0 fully saturated rings. The Morgan fingerprint density at radius 3 is 2.61 bits per heavy atom. The van der Waals surface area contributed by atoms with E-state index < -0.39 is 0 Å². The topological polar surface area (TPSA) is 17.1 Å². The van der Waals surface area contributed by atoms with Crippen LogP contribution in [0.5, 0.6) is 0 Å². The van der Waals surface area contributed by atoms with Crippen LogP contribution in [0.4, 0.5) is 4.39 Å². The smallest absolute Gasteiger partial charge is 0.168 e. The van der Waals surface area contributed by atoms with Crippen molar-refractivity contribution in [1.29, 1.82) is 0 Å². The average molecular weight is 328 g/mol. The second-order valence-electron chi connectivity index (χ2n) is 3.79. The maximum Gasteiger partial charge on any atom is 0.168 e. The van der Waals surface area contributed by atoms with E-state index in [4.69, 9.17) is 11.6 Å². The highest BCUT2D eigenvalue weighted by Crippen LogP contribution is 2.27. The molecule has 1 nitrogen and oxygen atoms in total. The van der Waals surface area contributed by atoms with Gasteiger partial charge in [0.1, 0.15) is 5.82 Å². The predicted molar refractivity (Wildman–Crippen MR) is 73.6 cm³/mol. The van der Waals surface area contributed by atoms with Crippen LogP contribution < -0.4 is 0 Å². The lowest BCUT2D eigenvalue weighted by Crippen LogP contribution is -2.06. The van der Waals surface area contributed by atoms with Gasteiger partial charge in [-0.05, 0) is 39.7 Å². The summed E-state index contributed by atoms with van der Waals surface area (Å²) in [6.45, 7) is 0. The molecule has 92 valence electrons. The lowest BCUT2D eigenvalue weighted by Gasteiger charge is -2.06. The van der Waals surface area contributed by atoms with Crippen LogP contribution >= 0.6 is 27.5 Å². The zero-order chi connectivity index (χ0) is 13.1. The van der Waals surface area contributed by atoms with Gasteiger partial charge >= 0.3 is 0 Å². The number of benzene rings is 2. The molecule has 4 heteroatoms. The fourth-order valence-electron chi connectivity index (χ4n) is 1.63. The Morgan fingerprint density at radius 1 is 1.17 bits per heavy atom. The van der Waals surface area contributed by atoms with Gasteiger partial charge in [0.05, 0.1) is 5.02 Å². The molecule has 0 spiro atoms. The highest BCUT2D eigenvalue weighted by molar-refractivity contribution is 9.10. The number of carbonyl (C=O) groups is 1. The SMILES string of the molecule is O=C(Cc1ccccc1F)c1cccc(Br)c1Cl. The molecule has 0 unspecified atom stereocenters. The highest BCUT2D eigenvalue weighted by Gasteiger charge is 2.14. The van der Waals surface area contributed by atoms with Gasteiger partial charge < -0.3 is 0 Å². The standard InChI is InChI=1S/C14H9BrClFO/c15-11-6-3-5-10(14(11)16)13(18)8-9-4-1-2-7-12(9)17/h1-7H,8H2. The molecule has 2 aromatic rings. The first-order chi connectivity index (χ1) is 8.59. The van der Waals surface area contributed by atoms with Gasteiger partial charge in [-0.3, -0.25) is 4.79 Å². The van der Waals surface area contributed by atoms with Gasteiger partial charge in [0.25, 0.3) is 0 Å². The van der Waals surface area contributed by atoms with Crippen molar-refractivity contribution in [3.63, 3.8) is 0 Å². The summed E-state index contributed by atoms with van der Waals surface area (Å²) in [7, 11) is 0. The maximum atomic E-state index is 13.5. The molecule has 2 aromatic carbocycles. The summed E-state index contributed by atoms with van der Waals surface area (Å²) in [5.41, 5.74) is 0.771. The van der Waals surface area contributed by atoms with Crippen molar-refractivity contribution < 1.29 is 9.18 Å². The fourth-order valence-corrected chi connectivity index (χ4v) is 2.23. The van der Waals surface area contributed by atoms with Crippen molar-refractivity contribution in [2.45, 2.75) is 6.42 Å². The van der Waals surface area contributed by atoms with Crippen LogP contribution in [0.25, 0.3) is 0 Å². The first kappa shape index (κ1) is 13.2. The Balaban J connectivity index is 2.28. The lowest BCUT2D eigenvalue weighted by atomic mass is 10.0. The number of rotatable bonds is 3. The highest BCUT2D eigenvalue weighted by atomic mass is 79.9. The normalized spacial score (nSPS) is 10.4. The molecule has 0 aliphatic heterocycles. The van der Waals surface area contributed by atoms with E-state index in [1.807, 2.05) is 0 Å². The zero-order valence-corrected chi connectivity index (χ0v) is 11.6. The Bertz CT molecular complexity index is 598. The van der Waals surface area contributed by atoms with E-state index >= 15 is 0 Å². The molecule has 0 bridgehead atoms. The molecular formula is C14H9BrClFO. The Hall–Kier alpha value is -1.19. The quantitative estimate of drug-likeness (QED) is 0.749. The number of Topliss-reactive ketones (excluding diaryl/α,β-unsaturated/α-hetero) is 1. The maximum absolute atomic E-state index is 13.5. The van der Waals surface area contributed by atoms with Crippen LogP contribution in [0.3, 0.4) is 0 Å². The van der Waals surface area contributed by atoms with Crippen LogP contribution in [-0.2, 0) is 6.42 Å². The molecule has 0 radical (unpaired) electrons. The van der Waals surface area contributed by atoms with E-state index in [1.165, 1.54) is 6.07 Å². The minimum Gasteiger partial charge on any atom is -0.294 e. The summed E-state index contributed by atoms with van der Waals surface area (Å²) in [6, 6.07) is 11.3. The van der Waals surface area contributed by atoms with Gasteiger partial charge in [0, 0.05) is 16.5 Å². The first-order valence-electron chi connectivity index (χ1n) is 5.30. The van der Waals surface area contributed by atoms with Crippen LogP contribution in [0.15, 0.2) is 46.9 Å². The molecule has 0 amide bonds. The van der Waals surface area contributed by atoms with Crippen LogP contribution in [-0.4, -0.2) is 5.78 Å². The van der Waals surface area contributed by atoms with E-state index in [2.05, 4.69) is 15.9 Å². The second-order valence-corrected chi connectivity index (χ2v) is 5.03. The van der Waals surface area contributed by atoms with Gasteiger partial charge in [-0.1, -0.05) is 35.9 Å². The number of hydrogen-bond donors (Lipinski definition) is 0. The number of hydrogen-bond acceptors (Lipinski definition) is 1. The van der Waals surface area contributed by atoms with Gasteiger partial charge in [-0.2, -0.15) is 0 Å². The minimum atomic E-state index is -0.378. The third-order valence-corrected chi connectivity index (χ3v) is 3.86. The van der Waals surface area contributed by atoms with E-state index in [-0.39, 0.29) is 18.0 Å². The molecule has 0 aromatic heterocycles. The predicted octanol–water partition coefficient (Wildman–Crippen LogP) is 4.67. The van der Waals surface area contributed by atoms with Crippen LogP contribution in [0.2, 0.25) is 5.02 Å². The summed E-state index contributed by atoms with van der Waals surface area (Å²) >= 11 is 9.29. The van der Waals surface area contributed by atoms with Crippen LogP contribution in [0, 0.1) is 5.82 Å². The van der Waals surface area contributed by atoms with Crippen molar-refractivity contribution in [2.24, 2.45) is 0 Å². The molecule has 0 heterocycles. The monoisotopic (exact) mass is 326 g/mol. The van der Waals surface area contributed by atoms with Gasteiger partial charge in [0.2, 0.25) is 0 Å². The number of carbonyl (C=O) groups excluding carboxylic acids is 1. The molecule has 0 saturated carbocycles. The summed E-state index contributed by atoms with van der Waals surface area (Å²) in [4.78, 5) is 12.1. The van der Waals surface area contributed by atoms with Gasteiger partial charge in [-0.25, -0.2) is 4.39 Å². The minimum absolute atomic E-state index is 0.00282. The van der Waals surface area contributed by atoms with Crippen molar-refractivity contribution in [1.82, 2.24) is 0 Å². The van der Waals surface area contributed by atoms with E-state index in [1.54, 1.807) is 36.4 Å². The second kappa shape index (κ2) is 5.63. The van der Waals surface area contributed by atoms with Crippen molar-refractivity contribution in [3.8, 4) is 0 Å². The molecule has 18 heavy (non-hydrogen) atoms. The molecule has 0 saturated heterocycles. The van der Waals surface area contributed by atoms with Crippen molar-refractivity contribution in [3.05, 3.63) is 68.9 Å². The van der Waals surface area contributed by atoms with E-state index in [0.717, 1.165) is 0 Å². The third-order valence-electron chi connectivity index (χ3n) is 2.56. The number of ketones is 1. The molecule has 2 rings (SSSR count). The summed E-state index contributed by atoms with van der Waals surface area (Å²) < 4.78 is 14.1. The van der Waals surface area contributed by atoms with Gasteiger partial charge in [0.15, 0.2) is 5.78 Å². The average Bonchev–Trinajstić information content (AvgIpc) is 2.35. The first-order valence-corrected chi connectivity index (χ1v) is 6.47. The number of halogens is 3. The Kier molecular flexibility index (Phi) is 4.15. The fraction of sp³-hybridized carbons (Fsp3) is 0.0714. The van der Waals surface area contributed by atoms with E-state index in [9.17, 15) is 9.18 Å². The summed E-state index contributed by atoms with van der Waals surface area (Å²) in [5.74, 6) is -0.580.